The summed E-state index contributed by atoms with van der Waals surface area (Å²) in [5.74, 6) is 5.81. The number of aryl methyl sites for hydroxylation is 1. The summed E-state index contributed by atoms with van der Waals surface area (Å²) < 4.78 is 16.1. The second-order valence-electron chi connectivity index (χ2n) is 20.8. The average molecular weight is 1180 g/mol. The first kappa shape index (κ1) is 57.9. The average Bonchev–Trinajstić information content (AvgIpc) is 2.39. The molecule has 0 bridgehead atoms. The van der Waals surface area contributed by atoms with E-state index in [9.17, 15) is 0 Å². The molecule has 2 fully saturated rings. The molecule has 0 saturated carbocycles. The van der Waals surface area contributed by atoms with E-state index in [4.69, 9.17) is 67.3 Å². The number of methoxy groups -OCH3 is 3. The summed E-state index contributed by atoms with van der Waals surface area (Å²) >= 11 is 12.6. The smallest absolute Gasteiger partial charge is 0.233 e. The molecule has 0 aliphatic carbocycles. The number of piperidine rings is 2. The summed E-state index contributed by atoms with van der Waals surface area (Å²) in [5.41, 5.74) is 8.63. The number of hydrogen-bond acceptors (Lipinski definition) is 19. The van der Waals surface area contributed by atoms with Crippen LogP contribution in [0, 0.1) is 0 Å². The molecule has 0 amide bonds. The van der Waals surface area contributed by atoms with Gasteiger partial charge in [0.05, 0.1) is 54.8 Å². The minimum absolute atomic E-state index is 0.487. The largest absolute Gasteiger partial charge is 0.497 e. The fourth-order valence-corrected chi connectivity index (χ4v) is 10.9. The van der Waals surface area contributed by atoms with Crippen molar-refractivity contribution >= 4 is 125 Å². The van der Waals surface area contributed by atoms with Gasteiger partial charge in [-0.05, 0) is 172 Å². The Morgan fingerprint density at radius 1 is 0.400 bits per heavy atom. The Morgan fingerprint density at radius 3 is 1.34 bits per heavy atom. The molecule has 4 aromatic heterocycles. The molecule has 2 aliphatic rings. The molecule has 12 rings (SSSR count). The van der Waals surface area contributed by atoms with Gasteiger partial charge in [0, 0.05) is 95.3 Å². The summed E-state index contributed by atoms with van der Waals surface area (Å²) in [6.07, 6.45) is 8.85. The number of hydrogen-bond donors (Lipinski definition) is 6. The topological polar surface area (TPSA) is 209 Å². The molecule has 6 heterocycles. The first-order valence-electron chi connectivity index (χ1n) is 29.1. The van der Waals surface area contributed by atoms with E-state index in [1.807, 2.05) is 103 Å². The van der Waals surface area contributed by atoms with Crippen LogP contribution in [-0.2, 0) is 6.42 Å². The quantitative estimate of drug-likeness (QED) is 0.0292. The number of anilines is 10. The second-order valence-corrected chi connectivity index (χ2v) is 21.7. The molecule has 19 nitrogen and oxygen atoms in total. The number of nitrogens with zero attached hydrogens (tertiary/aromatic N) is 10. The standard InChI is InChI=1S/C33H37ClN8O.C31H33ClN8O2/c1-3-22-8-15-28-27(20-22)30(26-14-9-23(34)21-29(26)38-28)35-16-7-17-36-31-39-32(37-24-10-12-25(43-2)13-11-24)41-33(40-31)42-18-5-4-6-19-42;1-41-22-9-7-21(8-10-22)35-30-37-29(38-31(39-30)40-16-4-3-5-17-40)34-15-14-33-28-24-12-6-20(32)18-27(24)36-26-13-11-23(42-2)19-25(26)28/h8-15,20-21H,3-7,16-19H2,1-2H3,(H,35,38)(H2,36,37,39,40,41);6-13,18-19H,3-5,14-17H2,1-2H3,(H,33,36)(H2,34,35,37,38,39). The summed E-state index contributed by atoms with van der Waals surface area (Å²) in [4.78, 5) is 42.6. The Bertz CT molecular complexity index is 3910. The van der Waals surface area contributed by atoms with Gasteiger partial charge in [-0.2, -0.15) is 29.9 Å². The monoisotopic (exact) mass is 1180 g/mol. The van der Waals surface area contributed by atoms with Gasteiger partial charge in [0.2, 0.25) is 35.7 Å². The van der Waals surface area contributed by atoms with Crippen LogP contribution in [0.5, 0.6) is 17.2 Å². The van der Waals surface area contributed by atoms with Crippen LogP contribution in [0.25, 0.3) is 43.6 Å². The molecule has 0 unspecified atom stereocenters. The molecule has 0 atom stereocenters. The van der Waals surface area contributed by atoms with Crippen molar-refractivity contribution in [3.63, 3.8) is 0 Å². The zero-order valence-corrected chi connectivity index (χ0v) is 49.8. The minimum Gasteiger partial charge on any atom is -0.497 e. The van der Waals surface area contributed by atoms with Gasteiger partial charge in [-0.3, -0.25) is 0 Å². The number of benzene rings is 6. The van der Waals surface area contributed by atoms with Crippen LogP contribution in [0.3, 0.4) is 0 Å². The van der Waals surface area contributed by atoms with Crippen LogP contribution < -0.4 is 55.9 Å². The summed E-state index contributed by atoms with van der Waals surface area (Å²) in [5, 5.41) is 26.3. The van der Waals surface area contributed by atoms with Gasteiger partial charge in [0.1, 0.15) is 17.2 Å². The molecule has 438 valence electrons. The number of nitrogens with one attached hydrogen (secondary N) is 6. The Kier molecular flexibility index (Phi) is 18.8. The van der Waals surface area contributed by atoms with Gasteiger partial charge >= 0.3 is 0 Å². The van der Waals surface area contributed by atoms with Crippen LogP contribution in [0.4, 0.5) is 58.4 Å². The fourth-order valence-electron chi connectivity index (χ4n) is 10.5. The molecular weight excluding hydrogens is 1110 g/mol. The molecule has 10 aromatic rings. The molecule has 6 aromatic carbocycles. The molecule has 6 N–H and O–H groups in total. The lowest BCUT2D eigenvalue weighted by Gasteiger charge is -2.27. The molecule has 0 spiro atoms. The zero-order valence-electron chi connectivity index (χ0n) is 48.3. The first-order valence-corrected chi connectivity index (χ1v) is 29.8. The van der Waals surface area contributed by atoms with E-state index >= 15 is 0 Å². The SMILES string of the molecule is CCc1ccc2nc3cc(Cl)ccc3c(NCCCNc3nc(Nc4ccc(OC)cc4)nc(N4CCCCC4)n3)c2c1.COc1ccc(Nc2nc(NCCNc3c4ccc(Cl)cc4nc4ccc(OC)cc34)nc(N3CCCCC3)n2)cc1. The highest BCUT2D eigenvalue weighted by atomic mass is 35.5. The fraction of sp³-hybridized carbons (Fsp3) is 0.312. The Morgan fingerprint density at radius 2 is 0.835 bits per heavy atom. The maximum atomic E-state index is 6.31. The Hall–Kier alpha value is -8.94. The molecule has 2 saturated heterocycles. The van der Waals surface area contributed by atoms with E-state index in [2.05, 4.69) is 76.8 Å². The lowest BCUT2D eigenvalue weighted by molar-refractivity contribution is 0.415. The number of rotatable bonds is 21. The Balaban J connectivity index is 0.000000177. The van der Waals surface area contributed by atoms with Crippen LogP contribution in [0.1, 0.15) is 57.4 Å². The highest BCUT2D eigenvalue weighted by Gasteiger charge is 2.20. The van der Waals surface area contributed by atoms with Gasteiger partial charge in [0.25, 0.3) is 0 Å². The molecule has 0 radical (unpaired) electrons. The summed E-state index contributed by atoms with van der Waals surface area (Å²) in [7, 11) is 4.97. The predicted octanol–water partition coefficient (Wildman–Crippen LogP) is 13.9. The van der Waals surface area contributed by atoms with Gasteiger partial charge in [-0.15, -0.1) is 0 Å². The molecule has 85 heavy (non-hydrogen) atoms. The van der Waals surface area contributed by atoms with Gasteiger partial charge < -0.3 is 55.9 Å². The van der Waals surface area contributed by atoms with Crippen LogP contribution in [0.15, 0.2) is 121 Å². The minimum atomic E-state index is 0.487. The van der Waals surface area contributed by atoms with Crippen molar-refractivity contribution in [2.45, 2.75) is 58.3 Å². The Labute approximate surface area is 504 Å². The van der Waals surface area contributed by atoms with E-state index in [0.29, 0.717) is 65.4 Å². The maximum absolute atomic E-state index is 6.31. The van der Waals surface area contributed by atoms with Crippen molar-refractivity contribution < 1.29 is 14.2 Å². The predicted molar refractivity (Wildman–Crippen MR) is 347 cm³/mol. The summed E-state index contributed by atoms with van der Waals surface area (Å²) in [6.45, 7) is 8.60. The lowest BCUT2D eigenvalue weighted by atomic mass is 10.0. The van der Waals surface area contributed by atoms with Crippen molar-refractivity contribution in [3.05, 3.63) is 137 Å². The summed E-state index contributed by atoms with van der Waals surface area (Å²) in [6, 6.07) is 39.4. The maximum Gasteiger partial charge on any atom is 0.233 e. The van der Waals surface area contributed by atoms with E-state index in [-0.39, 0.29) is 0 Å². The molecular formula is C64H70Cl2N16O3. The third kappa shape index (κ3) is 14.5. The highest BCUT2D eigenvalue weighted by molar-refractivity contribution is 6.32. The van der Waals surface area contributed by atoms with Crippen LogP contribution in [-0.4, -0.2) is 114 Å². The normalized spacial score (nSPS) is 13.3. The van der Waals surface area contributed by atoms with Gasteiger partial charge in [-0.25, -0.2) is 9.97 Å². The number of halogens is 2. The first-order chi connectivity index (χ1) is 41.7. The van der Waals surface area contributed by atoms with E-state index in [0.717, 1.165) is 155 Å². The van der Waals surface area contributed by atoms with Crippen molar-refractivity contribution in [1.82, 2.24) is 39.9 Å². The van der Waals surface area contributed by atoms with Crippen LogP contribution >= 0.6 is 23.2 Å². The second kappa shape index (κ2) is 27.6. The van der Waals surface area contributed by atoms with E-state index < -0.39 is 0 Å². The van der Waals surface area contributed by atoms with Crippen molar-refractivity contribution in [1.29, 1.82) is 0 Å². The number of ether oxygens (including phenoxy) is 3. The van der Waals surface area contributed by atoms with Crippen molar-refractivity contribution in [3.8, 4) is 17.2 Å². The zero-order chi connectivity index (χ0) is 58.5. The lowest BCUT2D eigenvalue weighted by Crippen LogP contribution is -2.31. The van der Waals surface area contributed by atoms with E-state index in [1.165, 1.54) is 18.4 Å². The molecule has 21 heteroatoms. The third-order valence-electron chi connectivity index (χ3n) is 15.0. The van der Waals surface area contributed by atoms with Crippen LogP contribution in [0.2, 0.25) is 10.0 Å². The number of fused-ring (bicyclic) bond motifs is 4. The molecule has 2 aliphatic heterocycles. The number of aromatic nitrogens is 8. The third-order valence-corrected chi connectivity index (χ3v) is 15.5. The highest BCUT2D eigenvalue weighted by Crippen LogP contribution is 2.36. The van der Waals surface area contributed by atoms with Crippen molar-refractivity contribution in [2.24, 2.45) is 0 Å². The van der Waals surface area contributed by atoms with Gasteiger partial charge in [-0.1, -0.05) is 36.2 Å². The van der Waals surface area contributed by atoms with E-state index in [1.54, 1.807) is 21.3 Å². The van der Waals surface area contributed by atoms with Gasteiger partial charge in [0.15, 0.2) is 0 Å². The van der Waals surface area contributed by atoms with Crippen molar-refractivity contribution in [2.75, 3.05) is 115 Å². The number of pyridine rings is 2.